The Morgan fingerprint density at radius 1 is 0.812 bits per heavy atom. The van der Waals surface area contributed by atoms with E-state index in [2.05, 4.69) is 35.9 Å². The fourth-order valence-electron chi connectivity index (χ4n) is 5.20. The maximum Gasteiger partial charge on any atom is 0.224 e. The topological polar surface area (TPSA) is 25.8 Å². The first-order valence-electron chi connectivity index (χ1n) is 13.3. The van der Waals surface area contributed by atoms with E-state index < -0.39 is 0 Å². The lowest BCUT2D eigenvalue weighted by atomic mass is 9.80. The molecule has 176 valence electrons. The highest BCUT2D eigenvalue weighted by Crippen LogP contribution is 2.36. The van der Waals surface area contributed by atoms with Crippen LogP contribution in [0.2, 0.25) is 0 Å². The van der Waals surface area contributed by atoms with Crippen molar-refractivity contribution in [1.82, 2.24) is 9.97 Å². The van der Waals surface area contributed by atoms with Gasteiger partial charge in [0.25, 0.3) is 0 Å². The number of aromatic nitrogens is 2. The lowest BCUT2D eigenvalue weighted by Gasteiger charge is -2.27. The number of nitrogens with zero attached hydrogens (tertiary/aromatic N) is 2. The molecule has 32 heavy (non-hydrogen) atoms. The van der Waals surface area contributed by atoms with E-state index in [1.807, 2.05) is 12.1 Å². The van der Waals surface area contributed by atoms with E-state index in [1.165, 1.54) is 82.6 Å². The van der Waals surface area contributed by atoms with Gasteiger partial charge in [-0.1, -0.05) is 95.9 Å². The van der Waals surface area contributed by atoms with E-state index in [4.69, 9.17) is 0 Å². The molecule has 2 nitrogen and oxygen atoms in total. The molecule has 0 radical (unpaired) electrons. The molecule has 0 atom stereocenters. The molecule has 1 aromatic carbocycles. The van der Waals surface area contributed by atoms with Crippen LogP contribution in [-0.2, 0) is 6.42 Å². The number of rotatable bonds is 13. The maximum absolute atomic E-state index is 14.8. The quantitative estimate of drug-likeness (QED) is 0.230. The van der Waals surface area contributed by atoms with Gasteiger partial charge >= 0.3 is 0 Å². The number of aryl methyl sites for hydroxylation is 1. The highest BCUT2D eigenvalue weighted by atomic mass is 19.1. The van der Waals surface area contributed by atoms with Crippen molar-refractivity contribution in [3.8, 4) is 11.1 Å². The zero-order valence-corrected chi connectivity index (χ0v) is 20.4. The molecule has 1 heterocycles. The molecule has 0 bridgehead atoms. The summed E-state index contributed by atoms with van der Waals surface area (Å²) in [6.07, 6.45) is 20.7. The Bertz CT molecular complexity index is 778. The zero-order chi connectivity index (χ0) is 22.6. The Morgan fingerprint density at radius 3 is 2.09 bits per heavy atom. The van der Waals surface area contributed by atoms with Crippen LogP contribution in [0.25, 0.3) is 11.1 Å². The first-order valence-corrected chi connectivity index (χ1v) is 13.3. The highest BCUT2D eigenvalue weighted by molar-refractivity contribution is 5.62. The van der Waals surface area contributed by atoms with Gasteiger partial charge in [-0.2, -0.15) is 4.39 Å². The molecule has 1 aliphatic carbocycles. The Balaban J connectivity index is 1.46. The lowest BCUT2D eigenvalue weighted by Crippen LogP contribution is -2.16. The van der Waals surface area contributed by atoms with E-state index in [-0.39, 0.29) is 5.95 Å². The summed E-state index contributed by atoms with van der Waals surface area (Å²) in [5.41, 5.74) is 2.73. The van der Waals surface area contributed by atoms with E-state index in [0.29, 0.717) is 17.3 Å². The summed E-state index contributed by atoms with van der Waals surface area (Å²) in [6, 6.07) is 8.33. The number of hydrogen-bond donors (Lipinski definition) is 0. The Kier molecular flexibility index (Phi) is 10.6. The van der Waals surface area contributed by atoms with Crippen LogP contribution >= 0.6 is 0 Å². The predicted molar refractivity (Wildman–Crippen MR) is 133 cm³/mol. The number of benzene rings is 1. The second kappa shape index (κ2) is 13.7. The second-order valence-corrected chi connectivity index (χ2v) is 9.86. The normalized spacial score (nSPS) is 18.7. The Labute approximate surface area is 195 Å². The summed E-state index contributed by atoms with van der Waals surface area (Å²) >= 11 is 0. The van der Waals surface area contributed by atoms with Crippen LogP contribution in [0.3, 0.4) is 0 Å². The average Bonchev–Trinajstić information content (AvgIpc) is 2.82. The van der Waals surface area contributed by atoms with E-state index >= 15 is 0 Å². The second-order valence-electron chi connectivity index (χ2n) is 9.86. The highest BCUT2D eigenvalue weighted by Gasteiger charge is 2.24. The molecule has 1 aromatic heterocycles. The van der Waals surface area contributed by atoms with Crippen molar-refractivity contribution in [2.75, 3.05) is 0 Å². The molecule has 0 aliphatic heterocycles. The lowest BCUT2D eigenvalue weighted by molar-refractivity contribution is 0.301. The maximum atomic E-state index is 14.8. The molecule has 2 aromatic rings. The average molecular weight is 439 g/mol. The summed E-state index contributed by atoms with van der Waals surface area (Å²) in [5, 5.41) is 0. The van der Waals surface area contributed by atoms with Gasteiger partial charge in [0.1, 0.15) is 5.82 Å². The van der Waals surface area contributed by atoms with Crippen molar-refractivity contribution in [3.63, 3.8) is 0 Å². The zero-order valence-electron chi connectivity index (χ0n) is 20.4. The van der Waals surface area contributed by atoms with Crippen LogP contribution in [0, 0.1) is 11.9 Å². The number of unbranched alkanes of at least 4 members (excludes halogenated alkanes) is 7. The van der Waals surface area contributed by atoms with Crippen LogP contribution in [0.1, 0.15) is 121 Å². The Morgan fingerprint density at radius 2 is 1.47 bits per heavy atom. The van der Waals surface area contributed by atoms with Crippen molar-refractivity contribution >= 4 is 0 Å². The smallest absolute Gasteiger partial charge is 0.224 e. The third-order valence-electron chi connectivity index (χ3n) is 7.25. The fraction of sp³-hybridized carbons (Fsp3) is 0.655. The molecular weight excluding hydrogens is 395 g/mol. The minimum absolute atomic E-state index is 0.320. The molecule has 0 amide bonds. The van der Waals surface area contributed by atoms with Gasteiger partial charge in [0.2, 0.25) is 5.95 Å². The molecule has 3 heteroatoms. The van der Waals surface area contributed by atoms with Gasteiger partial charge in [0.15, 0.2) is 0 Å². The summed E-state index contributed by atoms with van der Waals surface area (Å²) in [7, 11) is 0. The molecule has 3 rings (SSSR count). The summed E-state index contributed by atoms with van der Waals surface area (Å²) in [5.74, 6) is 1.49. The fourth-order valence-corrected chi connectivity index (χ4v) is 5.20. The third kappa shape index (κ3) is 7.67. The van der Waals surface area contributed by atoms with Gasteiger partial charge < -0.3 is 0 Å². The standard InChI is InChI=1S/C29H43FN2/c1-3-5-6-7-8-9-10-11-13-24-14-18-25(19-15-24)27-22-31-29(32-28(27)30)26-20-16-23(12-4-2)17-21-26/h14-15,18-19,22-23,26H,3-13,16-17,20-21H2,1-2H3/t23-,26-. The molecular formula is C29H43FN2. The summed E-state index contributed by atoms with van der Waals surface area (Å²) in [4.78, 5) is 8.86. The first-order chi connectivity index (χ1) is 15.7. The van der Waals surface area contributed by atoms with Gasteiger partial charge in [-0.15, -0.1) is 0 Å². The van der Waals surface area contributed by atoms with Crippen molar-refractivity contribution in [2.24, 2.45) is 5.92 Å². The van der Waals surface area contributed by atoms with Gasteiger partial charge in [0.05, 0.1) is 5.56 Å². The molecule has 1 saturated carbocycles. The summed E-state index contributed by atoms with van der Waals surface area (Å²) < 4.78 is 14.8. The van der Waals surface area contributed by atoms with Crippen LogP contribution in [-0.4, -0.2) is 9.97 Å². The number of hydrogen-bond acceptors (Lipinski definition) is 2. The van der Waals surface area contributed by atoms with Crippen LogP contribution in [0.5, 0.6) is 0 Å². The van der Waals surface area contributed by atoms with E-state index in [9.17, 15) is 4.39 Å². The van der Waals surface area contributed by atoms with Crippen molar-refractivity contribution in [2.45, 2.75) is 116 Å². The summed E-state index contributed by atoms with van der Waals surface area (Å²) in [6.45, 7) is 4.52. The van der Waals surface area contributed by atoms with Crippen LogP contribution < -0.4 is 0 Å². The van der Waals surface area contributed by atoms with Gasteiger partial charge in [-0.05, 0) is 55.6 Å². The van der Waals surface area contributed by atoms with Crippen molar-refractivity contribution in [1.29, 1.82) is 0 Å². The van der Waals surface area contributed by atoms with Gasteiger partial charge in [-0.25, -0.2) is 9.97 Å². The Hall–Kier alpha value is -1.77. The SMILES string of the molecule is CCCCCCCCCCc1ccc(-c2cnc([C@H]3CC[C@H](CCC)CC3)nc2F)cc1. The minimum Gasteiger partial charge on any atom is -0.240 e. The van der Waals surface area contributed by atoms with E-state index in [1.54, 1.807) is 6.20 Å². The number of halogens is 1. The largest absolute Gasteiger partial charge is 0.240 e. The molecule has 1 fully saturated rings. The van der Waals surface area contributed by atoms with Crippen molar-refractivity contribution < 1.29 is 4.39 Å². The van der Waals surface area contributed by atoms with Crippen molar-refractivity contribution in [3.05, 3.63) is 47.8 Å². The third-order valence-corrected chi connectivity index (χ3v) is 7.25. The molecule has 0 N–H and O–H groups in total. The molecule has 0 unspecified atom stereocenters. The monoisotopic (exact) mass is 438 g/mol. The van der Waals surface area contributed by atoms with E-state index in [0.717, 1.165) is 30.7 Å². The first kappa shape index (κ1) is 24.9. The van der Waals surface area contributed by atoms with Gasteiger partial charge in [-0.3, -0.25) is 0 Å². The predicted octanol–water partition coefficient (Wildman–Crippen LogP) is 9.04. The van der Waals surface area contributed by atoms with Crippen LogP contribution in [0.15, 0.2) is 30.5 Å². The minimum atomic E-state index is -0.374. The van der Waals surface area contributed by atoms with Crippen LogP contribution in [0.4, 0.5) is 4.39 Å². The van der Waals surface area contributed by atoms with Gasteiger partial charge in [0, 0.05) is 12.1 Å². The molecule has 0 saturated heterocycles. The molecule has 1 aliphatic rings. The molecule has 0 spiro atoms.